The molecule has 92 valence electrons. The molecule has 2 atom stereocenters. The van der Waals surface area contributed by atoms with Gasteiger partial charge in [0.1, 0.15) is 0 Å². The molecule has 5 nitrogen and oxygen atoms in total. The van der Waals surface area contributed by atoms with Crippen LogP contribution in [-0.2, 0) is 10.6 Å². The lowest BCUT2D eigenvalue weighted by molar-refractivity contribution is -0.384. The van der Waals surface area contributed by atoms with E-state index in [2.05, 4.69) is 20.8 Å². The van der Waals surface area contributed by atoms with Gasteiger partial charge in [-0.2, -0.15) is 0 Å². The highest BCUT2D eigenvalue weighted by atomic mass is 16.9. The van der Waals surface area contributed by atoms with Crippen molar-refractivity contribution < 1.29 is 9.76 Å². The minimum atomic E-state index is -0.465. The van der Waals surface area contributed by atoms with Gasteiger partial charge in [0, 0.05) is 23.2 Å². The zero-order chi connectivity index (χ0) is 12.8. The molecule has 1 aliphatic rings. The van der Waals surface area contributed by atoms with Crippen molar-refractivity contribution in [1.29, 1.82) is 0 Å². The number of nitro groups is 1. The van der Waals surface area contributed by atoms with Crippen LogP contribution >= 0.6 is 0 Å². The monoisotopic (exact) mass is 236 g/mol. The number of hydrogen-bond donors (Lipinski definition) is 0. The second-order valence-electron chi connectivity index (χ2n) is 5.34. The summed E-state index contributed by atoms with van der Waals surface area (Å²) in [5.74, 6) is 0. The Morgan fingerprint density at radius 2 is 1.82 bits per heavy atom. The number of benzene rings is 1. The Hall–Kier alpha value is -1.46. The van der Waals surface area contributed by atoms with E-state index in [1.54, 1.807) is 12.1 Å². The smallest absolute Gasteiger partial charge is 0.266 e. The third kappa shape index (κ3) is 2.03. The number of nitro benzene ring substituents is 1. The van der Waals surface area contributed by atoms with E-state index in [-0.39, 0.29) is 11.2 Å². The molecule has 0 radical (unpaired) electrons. The van der Waals surface area contributed by atoms with Crippen LogP contribution in [0, 0.1) is 10.1 Å². The predicted octanol–water partition coefficient (Wildman–Crippen LogP) is 2.81. The van der Waals surface area contributed by atoms with Gasteiger partial charge < -0.3 is 0 Å². The molecule has 1 heterocycles. The molecule has 0 aromatic heterocycles. The summed E-state index contributed by atoms with van der Waals surface area (Å²) in [7, 11) is 0. The summed E-state index contributed by atoms with van der Waals surface area (Å²) < 4.78 is 0. The lowest BCUT2D eigenvalue weighted by Crippen LogP contribution is -2.30. The first-order valence-corrected chi connectivity index (χ1v) is 5.49. The number of nitrogens with zero attached hydrogens (tertiary/aromatic N) is 2. The molecule has 0 aliphatic carbocycles. The van der Waals surface area contributed by atoms with E-state index in [1.165, 1.54) is 12.1 Å². The van der Waals surface area contributed by atoms with Gasteiger partial charge in [0.15, 0.2) is 5.72 Å². The Kier molecular flexibility index (Phi) is 2.48. The Bertz CT molecular complexity index is 450. The Morgan fingerprint density at radius 3 is 2.18 bits per heavy atom. The van der Waals surface area contributed by atoms with Crippen LogP contribution in [0.3, 0.4) is 0 Å². The van der Waals surface area contributed by atoms with E-state index < -0.39 is 10.6 Å². The molecule has 5 heteroatoms. The van der Waals surface area contributed by atoms with Crippen molar-refractivity contribution in [3.05, 3.63) is 39.9 Å². The Morgan fingerprint density at radius 1 is 1.29 bits per heavy atom. The second-order valence-corrected chi connectivity index (χ2v) is 5.34. The molecule has 0 N–H and O–H groups in total. The fraction of sp³-hybridized carbons (Fsp3) is 0.500. The van der Waals surface area contributed by atoms with Crippen molar-refractivity contribution in [2.75, 3.05) is 0 Å². The molecular weight excluding hydrogens is 220 g/mol. The lowest BCUT2D eigenvalue weighted by atomic mass is 10.0. The van der Waals surface area contributed by atoms with Crippen LogP contribution in [0.5, 0.6) is 0 Å². The van der Waals surface area contributed by atoms with Gasteiger partial charge in [0.25, 0.3) is 5.69 Å². The summed E-state index contributed by atoms with van der Waals surface area (Å²) in [6, 6.07) is 6.49. The summed E-state index contributed by atoms with van der Waals surface area (Å²) >= 11 is 0. The quantitative estimate of drug-likeness (QED) is 0.450. The van der Waals surface area contributed by atoms with E-state index in [9.17, 15) is 10.1 Å². The fourth-order valence-electron chi connectivity index (χ4n) is 2.00. The molecule has 17 heavy (non-hydrogen) atoms. The summed E-state index contributed by atoms with van der Waals surface area (Å²) in [5.41, 5.74) is 0.475. The van der Waals surface area contributed by atoms with Crippen molar-refractivity contribution in [3.8, 4) is 0 Å². The first kappa shape index (κ1) is 12.0. The first-order valence-electron chi connectivity index (χ1n) is 5.49. The molecule has 1 fully saturated rings. The SMILES string of the molecule is CC(C)(C)N1O[C@]1(C)c1ccc([N+](=O)[O-])cc1. The van der Waals surface area contributed by atoms with Crippen LogP contribution < -0.4 is 0 Å². The molecule has 1 unspecified atom stereocenters. The van der Waals surface area contributed by atoms with Crippen LogP contribution in [0.1, 0.15) is 33.3 Å². The number of rotatable bonds is 2. The molecular formula is C12H16N2O3. The average Bonchev–Trinajstić information content (AvgIpc) is 2.92. The molecule has 0 amide bonds. The zero-order valence-corrected chi connectivity index (χ0v) is 10.4. The largest absolute Gasteiger partial charge is 0.269 e. The van der Waals surface area contributed by atoms with Crippen LogP contribution in [0.2, 0.25) is 0 Å². The zero-order valence-electron chi connectivity index (χ0n) is 10.4. The van der Waals surface area contributed by atoms with Crippen molar-refractivity contribution in [2.45, 2.75) is 39.0 Å². The highest BCUT2D eigenvalue weighted by Crippen LogP contribution is 2.49. The van der Waals surface area contributed by atoms with Crippen molar-refractivity contribution in [1.82, 2.24) is 5.06 Å². The normalized spacial score (nSPS) is 27.9. The fourth-order valence-corrected chi connectivity index (χ4v) is 2.00. The maximum absolute atomic E-state index is 10.6. The maximum Gasteiger partial charge on any atom is 0.269 e. The highest BCUT2D eigenvalue weighted by molar-refractivity contribution is 5.36. The summed E-state index contributed by atoms with van der Waals surface area (Å²) in [6.07, 6.45) is 0. The van der Waals surface area contributed by atoms with E-state index in [0.29, 0.717) is 0 Å². The van der Waals surface area contributed by atoms with E-state index >= 15 is 0 Å². The molecule has 1 aromatic carbocycles. The van der Waals surface area contributed by atoms with Gasteiger partial charge in [-0.15, -0.1) is 5.06 Å². The standard InChI is InChI=1S/C12H16N2O3/c1-11(2,3)14-12(4,17-14)9-5-7-10(8-6-9)13(15)16/h5-8H,1-4H3/t12-,14?/m1/s1. The van der Waals surface area contributed by atoms with E-state index in [4.69, 9.17) is 4.84 Å². The molecule has 1 saturated heterocycles. The van der Waals surface area contributed by atoms with Gasteiger partial charge in [-0.05, 0) is 39.8 Å². The van der Waals surface area contributed by atoms with Crippen LogP contribution in [0.15, 0.2) is 24.3 Å². The van der Waals surface area contributed by atoms with Crippen LogP contribution in [-0.4, -0.2) is 15.5 Å². The number of hydroxylamine groups is 2. The van der Waals surface area contributed by atoms with Gasteiger partial charge in [0.05, 0.1) is 4.92 Å². The van der Waals surface area contributed by atoms with Crippen molar-refractivity contribution in [3.63, 3.8) is 0 Å². The minimum absolute atomic E-state index is 0.0868. The summed E-state index contributed by atoms with van der Waals surface area (Å²) in [4.78, 5) is 15.8. The third-order valence-electron chi connectivity index (χ3n) is 2.85. The van der Waals surface area contributed by atoms with Crippen molar-refractivity contribution in [2.24, 2.45) is 0 Å². The van der Waals surface area contributed by atoms with Gasteiger partial charge in [-0.3, -0.25) is 15.0 Å². The van der Waals surface area contributed by atoms with Gasteiger partial charge in [-0.1, -0.05) is 0 Å². The number of non-ortho nitro benzene ring substituents is 1. The summed E-state index contributed by atoms with van der Waals surface area (Å²) in [6.45, 7) is 8.14. The summed E-state index contributed by atoms with van der Waals surface area (Å²) in [5, 5.41) is 12.5. The molecule has 0 saturated carbocycles. The second kappa shape index (κ2) is 3.51. The molecule has 2 rings (SSSR count). The lowest BCUT2D eigenvalue weighted by Gasteiger charge is -2.19. The predicted molar refractivity (Wildman–Crippen MR) is 63.1 cm³/mol. The van der Waals surface area contributed by atoms with Gasteiger partial charge in [0.2, 0.25) is 0 Å². The van der Waals surface area contributed by atoms with E-state index in [1.807, 2.05) is 12.0 Å². The molecule has 0 spiro atoms. The van der Waals surface area contributed by atoms with Crippen molar-refractivity contribution >= 4 is 5.69 Å². The Labute approximate surface area is 100 Å². The number of hydrogen-bond acceptors (Lipinski definition) is 4. The van der Waals surface area contributed by atoms with E-state index in [0.717, 1.165) is 5.56 Å². The van der Waals surface area contributed by atoms with Crippen LogP contribution in [0.25, 0.3) is 0 Å². The van der Waals surface area contributed by atoms with Crippen LogP contribution in [0.4, 0.5) is 5.69 Å². The maximum atomic E-state index is 10.6. The Balaban J connectivity index is 2.23. The minimum Gasteiger partial charge on any atom is -0.266 e. The topological polar surface area (TPSA) is 58.7 Å². The third-order valence-corrected chi connectivity index (χ3v) is 2.85. The first-order chi connectivity index (χ1) is 7.75. The average molecular weight is 236 g/mol. The molecule has 0 bridgehead atoms. The van der Waals surface area contributed by atoms with Gasteiger partial charge >= 0.3 is 0 Å². The molecule has 1 aliphatic heterocycles. The van der Waals surface area contributed by atoms with Gasteiger partial charge in [-0.25, -0.2) is 0 Å². The molecule has 1 aromatic rings. The highest BCUT2D eigenvalue weighted by Gasteiger charge is 2.57.